The average molecular weight is 362 g/mol. The monoisotopic (exact) mass is 361 g/mol. The van der Waals surface area contributed by atoms with E-state index in [2.05, 4.69) is 4.98 Å². The number of hydrogen-bond donors (Lipinski definition) is 1. The highest BCUT2D eigenvalue weighted by Crippen LogP contribution is 2.21. The van der Waals surface area contributed by atoms with E-state index in [1.165, 1.54) is 0 Å². The number of hydrogen-bond acceptors (Lipinski definition) is 3. The van der Waals surface area contributed by atoms with Crippen LogP contribution in [0.5, 0.6) is 0 Å². The molecule has 1 aromatic carbocycles. The summed E-state index contributed by atoms with van der Waals surface area (Å²) in [5, 5.41) is 1.56. The van der Waals surface area contributed by atoms with Crippen molar-refractivity contribution in [2.24, 2.45) is 0 Å². The Labute approximate surface area is 150 Å². The highest BCUT2D eigenvalue weighted by Gasteiger charge is 2.31. The van der Waals surface area contributed by atoms with Gasteiger partial charge in [-0.1, -0.05) is 11.6 Å². The fraction of sp³-hybridized carbons (Fsp3) is 0.444. The van der Waals surface area contributed by atoms with E-state index in [0.29, 0.717) is 43.5 Å². The Bertz CT molecular complexity index is 805. The number of ether oxygens (including phenoxy) is 1. The van der Waals surface area contributed by atoms with Gasteiger partial charge in [0.2, 0.25) is 0 Å². The molecule has 2 aliphatic heterocycles. The minimum atomic E-state index is -0.291. The zero-order valence-electron chi connectivity index (χ0n) is 13.8. The fourth-order valence-corrected chi connectivity index (χ4v) is 3.68. The number of aromatic amines is 1. The molecule has 6 nitrogen and oxygen atoms in total. The van der Waals surface area contributed by atoms with E-state index in [-0.39, 0.29) is 17.9 Å². The maximum absolute atomic E-state index is 12.7. The zero-order valence-corrected chi connectivity index (χ0v) is 14.6. The second-order valence-electron chi connectivity index (χ2n) is 6.53. The van der Waals surface area contributed by atoms with Crippen LogP contribution in [-0.4, -0.2) is 65.5 Å². The van der Waals surface area contributed by atoms with E-state index in [0.717, 1.165) is 23.7 Å². The lowest BCUT2D eigenvalue weighted by atomic mass is 10.2. The molecule has 2 amide bonds. The van der Waals surface area contributed by atoms with E-state index in [4.69, 9.17) is 16.3 Å². The summed E-state index contributed by atoms with van der Waals surface area (Å²) in [6.45, 7) is 2.84. The van der Waals surface area contributed by atoms with Gasteiger partial charge in [0.15, 0.2) is 0 Å². The SMILES string of the molecule is O=C(c1cc2cc(Cl)ccc2[nH]1)N1CCN(C(=O)[C@@H]2CCCO2)CC1. The van der Waals surface area contributed by atoms with Crippen LogP contribution in [0.2, 0.25) is 5.02 Å². The molecule has 0 spiro atoms. The summed E-state index contributed by atoms with van der Waals surface area (Å²) in [6, 6.07) is 7.33. The highest BCUT2D eigenvalue weighted by atomic mass is 35.5. The van der Waals surface area contributed by atoms with Crippen molar-refractivity contribution in [1.29, 1.82) is 0 Å². The lowest BCUT2D eigenvalue weighted by molar-refractivity contribution is -0.142. The largest absolute Gasteiger partial charge is 0.368 e. The number of nitrogens with zero attached hydrogens (tertiary/aromatic N) is 2. The highest BCUT2D eigenvalue weighted by molar-refractivity contribution is 6.31. The Kier molecular flexibility index (Phi) is 4.39. The molecule has 1 atom stereocenters. The number of aromatic nitrogens is 1. The lowest BCUT2D eigenvalue weighted by Crippen LogP contribution is -2.52. The number of carbonyl (C=O) groups is 2. The third kappa shape index (κ3) is 3.24. The van der Waals surface area contributed by atoms with E-state index >= 15 is 0 Å². The van der Waals surface area contributed by atoms with Crippen LogP contribution in [0.1, 0.15) is 23.3 Å². The van der Waals surface area contributed by atoms with Crippen molar-refractivity contribution in [1.82, 2.24) is 14.8 Å². The second-order valence-corrected chi connectivity index (χ2v) is 6.97. The van der Waals surface area contributed by atoms with Crippen LogP contribution in [0.4, 0.5) is 0 Å². The maximum atomic E-state index is 12.7. The topological polar surface area (TPSA) is 65.6 Å². The quantitative estimate of drug-likeness (QED) is 0.892. The predicted molar refractivity (Wildman–Crippen MR) is 94.8 cm³/mol. The van der Waals surface area contributed by atoms with Gasteiger partial charge in [-0.15, -0.1) is 0 Å². The maximum Gasteiger partial charge on any atom is 0.270 e. The van der Waals surface area contributed by atoms with Gasteiger partial charge in [-0.25, -0.2) is 0 Å². The van der Waals surface area contributed by atoms with Gasteiger partial charge in [-0.3, -0.25) is 9.59 Å². The third-order valence-electron chi connectivity index (χ3n) is 4.90. The Morgan fingerprint density at radius 1 is 1.12 bits per heavy atom. The summed E-state index contributed by atoms with van der Waals surface area (Å²) in [5.74, 6) is 0.0152. The van der Waals surface area contributed by atoms with Gasteiger partial charge in [0.1, 0.15) is 11.8 Å². The fourth-order valence-electron chi connectivity index (χ4n) is 3.50. The lowest BCUT2D eigenvalue weighted by Gasteiger charge is -2.35. The number of benzene rings is 1. The molecular weight excluding hydrogens is 342 g/mol. The first-order valence-electron chi connectivity index (χ1n) is 8.60. The molecule has 0 unspecified atom stereocenters. The molecule has 2 saturated heterocycles. The minimum Gasteiger partial charge on any atom is -0.368 e. The van der Waals surface area contributed by atoms with Crippen LogP contribution in [-0.2, 0) is 9.53 Å². The normalized spacial score (nSPS) is 21.1. The van der Waals surface area contributed by atoms with Gasteiger partial charge in [-0.2, -0.15) is 0 Å². The van der Waals surface area contributed by atoms with Crippen molar-refractivity contribution >= 4 is 34.3 Å². The van der Waals surface area contributed by atoms with Gasteiger partial charge in [0.25, 0.3) is 11.8 Å². The van der Waals surface area contributed by atoms with Gasteiger partial charge < -0.3 is 19.5 Å². The van der Waals surface area contributed by atoms with Gasteiger partial charge in [0.05, 0.1) is 0 Å². The minimum absolute atomic E-state index is 0.0449. The van der Waals surface area contributed by atoms with Crippen molar-refractivity contribution in [3.63, 3.8) is 0 Å². The third-order valence-corrected chi connectivity index (χ3v) is 5.13. The Morgan fingerprint density at radius 3 is 2.60 bits per heavy atom. The second kappa shape index (κ2) is 6.69. The molecule has 7 heteroatoms. The van der Waals surface area contributed by atoms with Crippen molar-refractivity contribution in [2.45, 2.75) is 18.9 Å². The zero-order chi connectivity index (χ0) is 17.4. The van der Waals surface area contributed by atoms with Crippen LogP contribution < -0.4 is 0 Å². The van der Waals surface area contributed by atoms with E-state index in [1.54, 1.807) is 11.0 Å². The molecular formula is C18H20ClN3O3. The predicted octanol–water partition coefficient (Wildman–Crippen LogP) is 2.28. The number of rotatable bonds is 2. The van der Waals surface area contributed by atoms with Gasteiger partial charge in [-0.05, 0) is 37.1 Å². The summed E-state index contributed by atoms with van der Waals surface area (Å²) >= 11 is 6.00. The first-order chi connectivity index (χ1) is 12.1. The van der Waals surface area contributed by atoms with Gasteiger partial charge >= 0.3 is 0 Å². The van der Waals surface area contributed by atoms with Gasteiger partial charge in [0, 0.05) is 48.7 Å². The molecule has 0 bridgehead atoms. The van der Waals surface area contributed by atoms with Crippen LogP contribution in [0, 0.1) is 0 Å². The molecule has 0 radical (unpaired) electrons. The van der Waals surface area contributed by atoms with Crippen molar-refractivity contribution in [3.05, 3.63) is 35.0 Å². The molecule has 2 fully saturated rings. The number of fused-ring (bicyclic) bond motifs is 1. The summed E-state index contributed by atoms with van der Waals surface area (Å²) in [4.78, 5) is 31.8. The number of halogens is 1. The number of carbonyl (C=O) groups excluding carboxylic acids is 2. The Balaban J connectivity index is 1.41. The standard InChI is InChI=1S/C18H20ClN3O3/c19-13-3-4-14-12(10-13)11-15(20-14)17(23)21-5-7-22(8-6-21)18(24)16-2-1-9-25-16/h3-4,10-11,16,20H,1-2,5-9H2/t16-/m0/s1. The van der Waals surface area contributed by atoms with E-state index < -0.39 is 0 Å². The van der Waals surface area contributed by atoms with Crippen molar-refractivity contribution < 1.29 is 14.3 Å². The molecule has 0 saturated carbocycles. The Hall–Kier alpha value is -2.05. The summed E-state index contributed by atoms with van der Waals surface area (Å²) in [5.41, 5.74) is 1.44. The van der Waals surface area contributed by atoms with Crippen LogP contribution in [0.25, 0.3) is 10.9 Å². The molecule has 0 aliphatic carbocycles. The average Bonchev–Trinajstić information content (AvgIpc) is 3.30. The first kappa shape index (κ1) is 16.4. The van der Waals surface area contributed by atoms with E-state index in [9.17, 15) is 9.59 Å². The van der Waals surface area contributed by atoms with Crippen molar-refractivity contribution in [3.8, 4) is 0 Å². The number of H-pyrrole nitrogens is 1. The molecule has 4 rings (SSSR count). The summed E-state index contributed by atoms with van der Waals surface area (Å²) < 4.78 is 5.47. The summed E-state index contributed by atoms with van der Waals surface area (Å²) in [6.07, 6.45) is 1.45. The molecule has 2 aliphatic rings. The van der Waals surface area contributed by atoms with Crippen LogP contribution in [0.3, 0.4) is 0 Å². The van der Waals surface area contributed by atoms with Crippen molar-refractivity contribution in [2.75, 3.05) is 32.8 Å². The molecule has 25 heavy (non-hydrogen) atoms. The van der Waals surface area contributed by atoms with Crippen LogP contribution >= 0.6 is 11.6 Å². The van der Waals surface area contributed by atoms with E-state index in [1.807, 2.05) is 23.1 Å². The molecule has 1 aromatic heterocycles. The Morgan fingerprint density at radius 2 is 1.88 bits per heavy atom. The number of amides is 2. The number of nitrogens with one attached hydrogen (secondary N) is 1. The first-order valence-corrected chi connectivity index (χ1v) is 8.97. The molecule has 132 valence electrons. The molecule has 2 aromatic rings. The molecule has 3 heterocycles. The smallest absolute Gasteiger partial charge is 0.270 e. The molecule has 1 N–H and O–H groups in total. The van der Waals surface area contributed by atoms with Crippen LogP contribution in [0.15, 0.2) is 24.3 Å². The number of piperazine rings is 1. The summed E-state index contributed by atoms with van der Waals surface area (Å²) in [7, 11) is 0.